The maximum atomic E-state index is 9.40. The number of aliphatic hydroxyl groups excluding tert-OH is 2. The molecule has 0 fully saturated rings. The second-order valence-electron chi connectivity index (χ2n) is 4.40. The molecule has 5 heteroatoms. The molecule has 0 aliphatic carbocycles. The molecule has 0 amide bonds. The normalized spacial score (nSPS) is 12.1. The minimum atomic E-state index is -0.147. The van der Waals surface area contributed by atoms with E-state index in [9.17, 15) is 5.11 Å². The Morgan fingerprint density at radius 3 is 2.37 bits per heavy atom. The van der Waals surface area contributed by atoms with Crippen LogP contribution in [0.1, 0.15) is 12.0 Å². The fourth-order valence-electron chi connectivity index (χ4n) is 2.17. The van der Waals surface area contributed by atoms with Crippen LogP contribution in [0.15, 0.2) is 12.1 Å². The van der Waals surface area contributed by atoms with Gasteiger partial charge in [-0.2, -0.15) is 0 Å². The molecule has 1 aromatic rings. The highest BCUT2D eigenvalue weighted by atomic mass is 16.5. The van der Waals surface area contributed by atoms with Crippen LogP contribution in [0, 0.1) is 6.92 Å². The van der Waals surface area contributed by atoms with Gasteiger partial charge in [0.1, 0.15) is 11.5 Å². The monoisotopic (exact) mass is 269 g/mol. The molecule has 0 heterocycles. The molecule has 1 unspecified atom stereocenters. The Morgan fingerprint density at radius 2 is 1.89 bits per heavy atom. The van der Waals surface area contributed by atoms with Gasteiger partial charge in [0.05, 0.1) is 32.6 Å². The van der Waals surface area contributed by atoms with Gasteiger partial charge in [-0.15, -0.1) is 0 Å². The van der Waals surface area contributed by atoms with Crippen molar-refractivity contribution in [2.75, 3.05) is 39.4 Å². The summed E-state index contributed by atoms with van der Waals surface area (Å²) in [7, 11) is 5.10. The summed E-state index contributed by atoms with van der Waals surface area (Å²) in [5.74, 6) is 1.48. The van der Waals surface area contributed by atoms with Crippen molar-refractivity contribution in [1.29, 1.82) is 0 Å². The first kappa shape index (κ1) is 15.6. The van der Waals surface area contributed by atoms with Gasteiger partial charge >= 0.3 is 0 Å². The number of benzene rings is 1. The van der Waals surface area contributed by atoms with Crippen LogP contribution in [0.5, 0.6) is 11.5 Å². The summed E-state index contributed by atoms with van der Waals surface area (Å²) >= 11 is 0. The first-order chi connectivity index (χ1) is 9.10. The van der Waals surface area contributed by atoms with E-state index in [-0.39, 0.29) is 19.3 Å². The van der Waals surface area contributed by atoms with E-state index in [2.05, 4.69) is 0 Å². The quantitative estimate of drug-likeness (QED) is 0.778. The molecule has 0 aromatic heterocycles. The molecule has 0 spiro atoms. The van der Waals surface area contributed by atoms with Gasteiger partial charge in [-0.05, 0) is 25.5 Å². The van der Waals surface area contributed by atoms with Crippen LogP contribution in [0.4, 0.5) is 5.69 Å². The van der Waals surface area contributed by atoms with Gasteiger partial charge in [-0.1, -0.05) is 0 Å². The summed E-state index contributed by atoms with van der Waals surface area (Å²) in [6.07, 6.45) is 0.501. The largest absolute Gasteiger partial charge is 0.496 e. The smallest absolute Gasteiger partial charge is 0.148 e. The van der Waals surface area contributed by atoms with E-state index in [1.54, 1.807) is 14.2 Å². The van der Waals surface area contributed by atoms with Crippen molar-refractivity contribution >= 4 is 5.69 Å². The van der Waals surface area contributed by atoms with Crippen LogP contribution in [0.25, 0.3) is 0 Å². The van der Waals surface area contributed by atoms with E-state index >= 15 is 0 Å². The molecule has 19 heavy (non-hydrogen) atoms. The molecular formula is C14H23NO4. The lowest BCUT2D eigenvalue weighted by Crippen LogP contribution is -2.35. The number of hydrogen-bond donors (Lipinski definition) is 2. The molecule has 0 radical (unpaired) electrons. The highest BCUT2D eigenvalue weighted by molar-refractivity contribution is 5.65. The Labute approximate surface area is 114 Å². The van der Waals surface area contributed by atoms with Crippen molar-refractivity contribution in [3.63, 3.8) is 0 Å². The lowest BCUT2D eigenvalue weighted by Gasteiger charge is -2.30. The van der Waals surface area contributed by atoms with E-state index in [1.165, 1.54) is 0 Å². The zero-order chi connectivity index (χ0) is 14.4. The number of likely N-dealkylation sites (N-methyl/N-ethyl adjacent to an activating group) is 1. The molecule has 1 atom stereocenters. The number of anilines is 1. The van der Waals surface area contributed by atoms with Crippen molar-refractivity contribution in [2.45, 2.75) is 19.4 Å². The summed E-state index contributed by atoms with van der Waals surface area (Å²) in [5, 5.41) is 18.4. The van der Waals surface area contributed by atoms with Crippen molar-refractivity contribution in [3.8, 4) is 11.5 Å². The van der Waals surface area contributed by atoms with Crippen molar-refractivity contribution in [1.82, 2.24) is 0 Å². The highest BCUT2D eigenvalue weighted by Crippen LogP contribution is 2.37. The standard InChI is InChI=1S/C14H23NO4/c1-10-13(18-3)6-5-12(14(10)19-4)15(2)11(9-17)7-8-16/h5-6,11,16-17H,7-9H2,1-4H3. The van der Waals surface area contributed by atoms with Crippen LogP contribution in [-0.4, -0.2) is 50.7 Å². The first-order valence-electron chi connectivity index (χ1n) is 6.26. The van der Waals surface area contributed by atoms with Gasteiger partial charge in [0.2, 0.25) is 0 Å². The summed E-state index contributed by atoms with van der Waals surface area (Å²) in [6.45, 7) is 1.94. The topological polar surface area (TPSA) is 62.2 Å². The zero-order valence-corrected chi connectivity index (χ0v) is 12.0. The number of aliphatic hydroxyl groups is 2. The Balaban J connectivity index is 3.15. The molecule has 0 aliphatic rings. The van der Waals surface area contributed by atoms with Crippen LogP contribution in [0.2, 0.25) is 0 Å². The number of hydrogen-bond acceptors (Lipinski definition) is 5. The molecule has 1 rings (SSSR count). The summed E-state index contributed by atoms with van der Waals surface area (Å²) < 4.78 is 10.7. The lowest BCUT2D eigenvalue weighted by atomic mass is 10.1. The second kappa shape index (κ2) is 7.21. The highest BCUT2D eigenvalue weighted by Gasteiger charge is 2.20. The molecule has 108 valence electrons. The second-order valence-corrected chi connectivity index (χ2v) is 4.40. The summed E-state index contributed by atoms with van der Waals surface area (Å²) in [6, 6.07) is 3.62. The fourth-order valence-corrected chi connectivity index (χ4v) is 2.17. The third kappa shape index (κ3) is 3.30. The molecule has 5 nitrogen and oxygen atoms in total. The van der Waals surface area contributed by atoms with E-state index < -0.39 is 0 Å². The summed E-state index contributed by atoms with van der Waals surface area (Å²) in [5.41, 5.74) is 1.78. The predicted octanol–water partition coefficient (Wildman–Crippen LogP) is 1.19. The van der Waals surface area contributed by atoms with Crippen LogP contribution in [-0.2, 0) is 0 Å². The van der Waals surface area contributed by atoms with E-state index in [1.807, 2.05) is 31.0 Å². The SMILES string of the molecule is COc1ccc(N(C)C(CO)CCO)c(OC)c1C. The van der Waals surface area contributed by atoms with E-state index in [0.29, 0.717) is 6.42 Å². The molecule has 0 aliphatic heterocycles. The van der Waals surface area contributed by atoms with Gasteiger partial charge in [0.25, 0.3) is 0 Å². The minimum absolute atomic E-state index is 0.0225. The van der Waals surface area contributed by atoms with Gasteiger partial charge in [0.15, 0.2) is 0 Å². The molecule has 0 bridgehead atoms. The minimum Gasteiger partial charge on any atom is -0.496 e. The summed E-state index contributed by atoms with van der Waals surface area (Å²) in [4.78, 5) is 1.92. The lowest BCUT2D eigenvalue weighted by molar-refractivity contribution is 0.217. The van der Waals surface area contributed by atoms with Crippen molar-refractivity contribution < 1.29 is 19.7 Å². The number of nitrogens with zero attached hydrogens (tertiary/aromatic N) is 1. The van der Waals surface area contributed by atoms with E-state index in [4.69, 9.17) is 14.6 Å². The number of rotatable bonds is 7. The average molecular weight is 269 g/mol. The van der Waals surface area contributed by atoms with Crippen LogP contribution < -0.4 is 14.4 Å². The maximum absolute atomic E-state index is 9.40. The van der Waals surface area contributed by atoms with Crippen molar-refractivity contribution in [2.24, 2.45) is 0 Å². The van der Waals surface area contributed by atoms with Crippen molar-refractivity contribution in [3.05, 3.63) is 17.7 Å². The fraction of sp³-hybridized carbons (Fsp3) is 0.571. The zero-order valence-electron chi connectivity index (χ0n) is 12.0. The maximum Gasteiger partial charge on any atom is 0.148 e. The Morgan fingerprint density at radius 1 is 1.21 bits per heavy atom. The number of methoxy groups -OCH3 is 2. The predicted molar refractivity (Wildman–Crippen MR) is 75.3 cm³/mol. The third-order valence-electron chi connectivity index (χ3n) is 3.36. The van der Waals surface area contributed by atoms with Gasteiger partial charge < -0.3 is 24.6 Å². The van der Waals surface area contributed by atoms with Gasteiger partial charge in [-0.25, -0.2) is 0 Å². The Kier molecular flexibility index (Phi) is 5.92. The first-order valence-corrected chi connectivity index (χ1v) is 6.26. The Hall–Kier alpha value is -1.46. The molecule has 0 saturated carbocycles. The third-order valence-corrected chi connectivity index (χ3v) is 3.36. The molecular weight excluding hydrogens is 246 g/mol. The average Bonchev–Trinajstić information content (AvgIpc) is 2.43. The Bertz CT molecular complexity index is 409. The molecule has 0 saturated heterocycles. The molecule has 2 N–H and O–H groups in total. The van der Waals surface area contributed by atoms with E-state index in [0.717, 1.165) is 22.7 Å². The van der Waals surface area contributed by atoms with Crippen LogP contribution in [0.3, 0.4) is 0 Å². The number of ether oxygens (including phenoxy) is 2. The van der Waals surface area contributed by atoms with Gasteiger partial charge in [-0.3, -0.25) is 0 Å². The molecule has 1 aromatic carbocycles. The van der Waals surface area contributed by atoms with Crippen LogP contribution >= 0.6 is 0 Å². The van der Waals surface area contributed by atoms with Gasteiger partial charge in [0, 0.05) is 19.2 Å².